The van der Waals surface area contributed by atoms with E-state index >= 15 is 0 Å². The third-order valence-corrected chi connectivity index (χ3v) is 6.07. The molecule has 0 spiro atoms. The van der Waals surface area contributed by atoms with Gasteiger partial charge in [-0.3, -0.25) is 9.89 Å². The lowest BCUT2D eigenvalue weighted by Gasteiger charge is -2.18. The first kappa shape index (κ1) is 28.3. The fourth-order valence-electron chi connectivity index (χ4n) is 3.10. The van der Waals surface area contributed by atoms with Crippen molar-refractivity contribution in [3.63, 3.8) is 0 Å². The number of carbonyl (C=O) groups excluding carboxylic acids is 1. The first-order valence-corrected chi connectivity index (χ1v) is 12.3. The molecule has 4 aromatic rings. The normalized spacial score (nSPS) is 12.5. The molecule has 4 heterocycles. The Hall–Kier alpha value is -4.25. The number of nitrogens with zero attached hydrogens (tertiary/aromatic N) is 7. The topological polar surface area (TPSA) is 118 Å². The first-order chi connectivity index (χ1) is 18.1. The molecule has 0 saturated heterocycles. The highest BCUT2D eigenvalue weighted by Crippen LogP contribution is 2.39. The van der Waals surface area contributed by atoms with E-state index in [-0.39, 0.29) is 5.91 Å². The van der Waals surface area contributed by atoms with E-state index in [1.807, 2.05) is 29.8 Å². The molecule has 0 aliphatic heterocycles. The molecule has 0 aromatic carbocycles. The van der Waals surface area contributed by atoms with Gasteiger partial charge in [-0.15, -0.1) is 24.2 Å². The number of imidazole rings is 1. The van der Waals surface area contributed by atoms with Crippen LogP contribution < -0.4 is 10.2 Å². The van der Waals surface area contributed by atoms with Gasteiger partial charge in [-0.1, -0.05) is 6.92 Å². The van der Waals surface area contributed by atoms with Crippen LogP contribution in [-0.2, 0) is 0 Å². The molecule has 0 radical (unpaired) electrons. The Balaban J connectivity index is 0.000000443. The summed E-state index contributed by atoms with van der Waals surface area (Å²) in [6.45, 7) is 1.08. The van der Waals surface area contributed by atoms with Gasteiger partial charge in [0.05, 0.1) is 29.6 Å². The molecule has 1 fully saturated rings. The maximum Gasteiger partial charge on any atom is 0.388 e. The van der Waals surface area contributed by atoms with Crippen molar-refractivity contribution in [1.29, 1.82) is 0 Å². The predicted molar refractivity (Wildman–Crippen MR) is 139 cm³/mol. The molecule has 14 heteroatoms. The summed E-state index contributed by atoms with van der Waals surface area (Å²) in [4.78, 5) is 32.1. The van der Waals surface area contributed by atoms with Crippen molar-refractivity contribution in [2.24, 2.45) is 0 Å². The monoisotopic (exact) mass is 545 g/mol. The van der Waals surface area contributed by atoms with Crippen molar-refractivity contribution in [3.05, 3.63) is 47.9 Å². The molecule has 5 rings (SSSR count). The number of thiazole rings is 1. The third-order valence-electron chi connectivity index (χ3n) is 5.22. The number of anilines is 2. The SMILES string of the molecule is C#C.CCC(F)(F)F.CN(C)c1cnc(C(=O)Nc2csc(-c3ncn[nH]3)n2)cc1-n1cnc(C2CC2)c1. The van der Waals surface area contributed by atoms with Crippen molar-refractivity contribution >= 4 is 28.7 Å². The summed E-state index contributed by atoms with van der Waals surface area (Å²) in [5.74, 6) is 1.22. The van der Waals surface area contributed by atoms with E-state index in [1.165, 1.54) is 30.5 Å². The summed E-state index contributed by atoms with van der Waals surface area (Å²) in [5, 5.41) is 11.8. The summed E-state index contributed by atoms with van der Waals surface area (Å²) in [6.07, 6.45) is 12.6. The van der Waals surface area contributed by atoms with Crippen molar-refractivity contribution < 1.29 is 18.0 Å². The van der Waals surface area contributed by atoms with Gasteiger partial charge in [0, 0.05) is 38.0 Å². The van der Waals surface area contributed by atoms with Gasteiger partial charge < -0.3 is 14.8 Å². The number of alkyl halides is 3. The van der Waals surface area contributed by atoms with Crippen molar-refractivity contribution in [2.75, 3.05) is 24.3 Å². The van der Waals surface area contributed by atoms with E-state index in [0.717, 1.165) is 24.0 Å². The Morgan fingerprint density at radius 2 is 1.97 bits per heavy atom. The third kappa shape index (κ3) is 7.39. The maximum atomic E-state index is 12.8. The lowest BCUT2D eigenvalue weighted by Crippen LogP contribution is -2.17. The molecule has 1 saturated carbocycles. The molecule has 200 valence electrons. The second-order valence-electron chi connectivity index (χ2n) is 8.23. The fourth-order valence-corrected chi connectivity index (χ4v) is 3.80. The van der Waals surface area contributed by atoms with E-state index in [1.54, 1.807) is 24.0 Å². The summed E-state index contributed by atoms with van der Waals surface area (Å²) in [5.41, 5.74) is 3.13. The molecule has 0 unspecified atom stereocenters. The first-order valence-electron chi connectivity index (χ1n) is 11.4. The highest BCUT2D eigenvalue weighted by Gasteiger charge is 2.26. The van der Waals surface area contributed by atoms with Crippen molar-refractivity contribution in [3.8, 4) is 29.4 Å². The highest BCUT2D eigenvalue weighted by molar-refractivity contribution is 7.13. The lowest BCUT2D eigenvalue weighted by atomic mass is 10.2. The minimum Gasteiger partial charge on any atom is -0.375 e. The van der Waals surface area contributed by atoms with Crippen LogP contribution in [0.2, 0.25) is 0 Å². The Labute approximate surface area is 221 Å². The van der Waals surface area contributed by atoms with Crippen LogP contribution in [0.4, 0.5) is 24.7 Å². The largest absolute Gasteiger partial charge is 0.388 e. The van der Waals surface area contributed by atoms with Crippen LogP contribution in [0.1, 0.15) is 48.3 Å². The van der Waals surface area contributed by atoms with E-state index in [9.17, 15) is 18.0 Å². The van der Waals surface area contributed by atoms with Crippen LogP contribution in [-0.4, -0.2) is 60.9 Å². The zero-order chi connectivity index (χ0) is 27.9. The van der Waals surface area contributed by atoms with Crippen LogP contribution >= 0.6 is 11.3 Å². The summed E-state index contributed by atoms with van der Waals surface area (Å²) in [6, 6.07) is 1.77. The minimum atomic E-state index is -3.96. The number of aromatic amines is 1. The number of amides is 1. The molecule has 38 heavy (non-hydrogen) atoms. The molecule has 1 aliphatic rings. The van der Waals surface area contributed by atoms with Gasteiger partial charge in [0.2, 0.25) is 0 Å². The number of hydrogen-bond acceptors (Lipinski definition) is 8. The highest BCUT2D eigenvalue weighted by atomic mass is 32.1. The Bertz CT molecular complexity index is 1360. The second kappa shape index (κ2) is 12.3. The molecule has 0 bridgehead atoms. The van der Waals surface area contributed by atoms with Gasteiger partial charge in [0.15, 0.2) is 10.8 Å². The Morgan fingerprint density at radius 3 is 2.55 bits per heavy atom. The number of aromatic nitrogens is 7. The number of pyridine rings is 1. The van der Waals surface area contributed by atoms with Crippen LogP contribution in [0, 0.1) is 12.8 Å². The number of hydrogen-bond donors (Lipinski definition) is 2. The molecule has 1 aliphatic carbocycles. The van der Waals surface area contributed by atoms with Crippen molar-refractivity contribution in [2.45, 2.75) is 38.3 Å². The van der Waals surface area contributed by atoms with Gasteiger partial charge in [0.1, 0.15) is 17.8 Å². The standard InChI is InChI=1S/C19H19N9OS.C3H5F3.C2H2/c1-27(2)15-6-20-12(5-14(15)28-7-13(22-10-28)11-3-4-11)18(29)24-16-8-30-19(25-16)17-21-9-23-26-17;1-2-3(4,5)6;1-2/h5-11H,3-4H2,1-2H3,(H,24,29)(H,21,23,26);2H2,1H3;1-2H. The van der Waals surface area contributed by atoms with E-state index < -0.39 is 12.6 Å². The lowest BCUT2D eigenvalue weighted by molar-refractivity contribution is -0.130. The number of halogens is 3. The van der Waals surface area contributed by atoms with E-state index in [2.05, 4.69) is 48.3 Å². The zero-order valence-electron chi connectivity index (χ0n) is 20.9. The molecule has 10 nitrogen and oxygen atoms in total. The molecular formula is C24H26F3N9OS. The fraction of sp³-hybridized carbons (Fsp3) is 0.333. The second-order valence-corrected chi connectivity index (χ2v) is 9.09. The van der Waals surface area contributed by atoms with Crippen LogP contribution in [0.15, 0.2) is 36.5 Å². The maximum absolute atomic E-state index is 12.8. The number of nitrogens with one attached hydrogen (secondary N) is 2. The number of terminal acetylenes is 1. The Morgan fingerprint density at radius 1 is 1.26 bits per heavy atom. The minimum absolute atomic E-state index is 0.298. The van der Waals surface area contributed by atoms with E-state index in [0.29, 0.717) is 28.3 Å². The van der Waals surface area contributed by atoms with Gasteiger partial charge in [0.25, 0.3) is 5.91 Å². The number of H-pyrrole nitrogens is 1. The van der Waals surface area contributed by atoms with Crippen LogP contribution in [0.3, 0.4) is 0 Å². The smallest absolute Gasteiger partial charge is 0.375 e. The number of carbonyl (C=O) groups is 1. The number of rotatable bonds is 6. The molecular weight excluding hydrogens is 519 g/mol. The summed E-state index contributed by atoms with van der Waals surface area (Å²) < 4.78 is 34.3. The van der Waals surface area contributed by atoms with Crippen molar-refractivity contribution in [1.82, 2.24) is 34.7 Å². The van der Waals surface area contributed by atoms with Gasteiger partial charge in [-0.2, -0.15) is 18.3 Å². The van der Waals surface area contributed by atoms with Crippen LogP contribution in [0.25, 0.3) is 16.5 Å². The van der Waals surface area contributed by atoms with Crippen LogP contribution in [0.5, 0.6) is 0 Å². The zero-order valence-corrected chi connectivity index (χ0v) is 21.7. The quantitative estimate of drug-likeness (QED) is 0.331. The van der Waals surface area contributed by atoms with E-state index in [4.69, 9.17) is 0 Å². The van der Waals surface area contributed by atoms with Gasteiger partial charge in [-0.05, 0) is 18.9 Å². The summed E-state index contributed by atoms with van der Waals surface area (Å²) >= 11 is 1.36. The summed E-state index contributed by atoms with van der Waals surface area (Å²) in [7, 11) is 3.89. The average molecular weight is 546 g/mol. The molecule has 2 N–H and O–H groups in total. The molecule has 1 amide bonds. The Kier molecular flexibility index (Phi) is 9.19. The predicted octanol–water partition coefficient (Wildman–Crippen LogP) is 4.91. The average Bonchev–Trinajstić information content (AvgIpc) is 3.29. The van der Waals surface area contributed by atoms with Gasteiger partial charge in [-0.25, -0.2) is 19.9 Å². The van der Waals surface area contributed by atoms with Gasteiger partial charge >= 0.3 is 6.18 Å². The molecule has 4 aromatic heterocycles. The molecule has 0 atom stereocenters.